The Kier molecular flexibility index (Phi) is 39.3. The van der Waals surface area contributed by atoms with Gasteiger partial charge in [0.25, 0.3) is 0 Å². The number of rotatable bonds is 41. The van der Waals surface area contributed by atoms with E-state index in [-0.39, 0.29) is 19.6 Å². The molecule has 0 rings (SSSR count). The average Bonchev–Trinajstić information content (AvgIpc) is 3.15. The van der Waals surface area contributed by atoms with E-state index in [1.54, 1.807) is 0 Å². The molecular weight excluding hydrogens is 691 g/mol. The van der Waals surface area contributed by atoms with Gasteiger partial charge in [-0.2, -0.15) is 0 Å². The van der Waals surface area contributed by atoms with Gasteiger partial charge in [-0.25, -0.2) is 4.57 Å². The number of unbranched alkanes of at least 4 members (excludes halogenated alkanes) is 21. The van der Waals surface area contributed by atoms with Crippen LogP contribution < -0.4 is 0 Å². The molecule has 10 heteroatoms. The van der Waals surface area contributed by atoms with Crippen molar-refractivity contribution in [2.75, 3.05) is 33.0 Å². The van der Waals surface area contributed by atoms with E-state index in [0.29, 0.717) is 6.61 Å². The van der Waals surface area contributed by atoms with Crippen LogP contribution in [0.5, 0.6) is 0 Å². The molecule has 9 nitrogen and oxygen atoms in total. The van der Waals surface area contributed by atoms with Crippen molar-refractivity contribution < 1.29 is 43.0 Å². The van der Waals surface area contributed by atoms with E-state index in [9.17, 15) is 19.4 Å². The second-order valence-corrected chi connectivity index (χ2v) is 15.8. The predicted molar refractivity (Wildman–Crippen MR) is 219 cm³/mol. The number of carbonyl (C=O) groups excluding carboxylic acids is 1. The summed E-state index contributed by atoms with van der Waals surface area (Å²) < 4.78 is 33.3. The summed E-state index contributed by atoms with van der Waals surface area (Å²) in [5.41, 5.74) is 0. The van der Waals surface area contributed by atoms with Crippen LogP contribution in [-0.2, 0) is 27.9 Å². The minimum absolute atomic E-state index is 0.0446. The van der Waals surface area contributed by atoms with Crippen molar-refractivity contribution in [1.82, 2.24) is 0 Å². The van der Waals surface area contributed by atoms with Gasteiger partial charge >= 0.3 is 13.8 Å². The Morgan fingerprint density at radius 2 is 1.02 bits per heavy atom. The Morgan fingerprint density at radius 3 is 1.53 bits per heavy atom. The molecule has 0 amide bonds. The fraction of sp³-hybridized carbons (Fsp3) is 0.837. The minimum atomic E-state index is -4.52. The summed E-state index contributed by atoms with van der Waals surface area (Å²) in [5, 5.41) is 18.3. The second kappa shape index (κ2) is 40.3. The number of hydrogen-bond donors (Lipinski definition) is 3. The van der Waals surface area contributed by atoms with Crippen molar-refractivity contribution in [3.8, 4) is 0 Å². The fourth-order valence-corrected chi connectivity index (χ4v) is 6.52. The first kappa shape index (κ1) is 51.7. The number of phosphoric ester groups is 1. The molecule has 0 aliphatic heterocycles. The molecule has 3 N–H and O–H groups in total. The molecule has 0 saturated carbocycles. The van der Waals surface area contributed by atoms with E-state index >= 15 is 0 Å². The largest absolute Gasteiger partial charge is 0.472 e. The molecule has 312 valence electrons. The third kappa shape index (κ3) is 40.2. The zero-order valence-corrected chi connectivity index (χ0v) is 34.9. The molecule has 0 aromatic heterocycles. The van der Waals surface area contributed by atoms with Crippen molar-refractivity contribution in [2.45, 2.75) is 199 Å². The van der Waals surface area contributed by atoms with Crippen molar-refractivity contribution in [2.24, 2.45) is 0 Å². The summed E-state index contributed by atoms with van der Waals surface area (Å²) in [4.78, 5) is 22.5. The van der Waals surface area contributed by atoms with Crippen molar-refractivity contribution >= 4 is 13.8 Å². The molecule has 0 heterocycles. The monoisotopic (exact) mass is 773 g/mol. The summed E-state index contributed by atoms with van der Waals surface area (Å²) >= 11 is 0. The Balaban J connectivity index is 4.13. The van der Waals surface area contributed by atoms with Crippen LogP contribution in [-0.4, -0.2) is 66.3 Å². The van der Waals surface area contributed by atoms with Crippen LogP contribution in [0.3, 0.4) is 0 Å². The summed E-state index contributed by atoms with van der Waals surface area (Å²) in [5.74, 6) is -0.394. The highest BCUT2D eigenvalue weighted by molar-refractivity contribution is 7.47. The molecule has 3 atom stereocenters. The number of allylic oxidation sites excluding steroid dienone is 6. The highest BCUT2D eigenvalue weighted by Gasteiger charge is 2.26. The van der Waals surface area contributed by atoms with Crippen LogP contribution >= 0.6 is 7.82 Å². The van der Waals surface area contributed by atoms with Crippen LogP contribution in [0.1, 0.15) is 187 Å². The van der Waals surface area contributed by atoms with Crippen molar-refractivity contribution in [1.29, 1.82) is 0 Å². The first-order valence-corrected chi connectivity index (χ1v) is 23.0. The van der Waals surface area contributed by atoms with E-state index < -0.39 is 39.2 Å². The predicted octanol–water partition coefficient (Wildman–Crippen LogP) is 11.6. The number of hydrogen-bond acceptors (Lipinski definition) is 8. The van der Waals surface area contributed by atoms with Gasteiger partial charge in [0, 0.05) is 13.0 Å². The third-order valence-electron chi connectivity index (χ3n) is 9.05. The SMILES string of the molecule is CCCCC/C=C\C/C=C\CCCCCCCCCCCCOCC(COP(=O)(O)OCC(O)CO)OC(=O)CCCCCCC/C=C\CCCCC. The van der Waals surface area contributed by atoms with E-state index in [1.807, 2.05) is 0 Å². The standard InChI is InChI=1S/C43H81O9P/c1-3-5-7-9-11-13-15-17-18-19-20-21-22-23-24-26-28-30-32-34-36-49-39-42(40-51-53(47,48)50-38-41(45)37-44)52-43(46)35-33-31-29-27-25-16-14-12-10-8-6-4-2/h11-14,17-18,41-42,44-45H,3-10,15-16,19-40H2,1-2H3,(H,47,48)/b13-11-,14-12-,18-17-. The summed E-state index contributed by atoms with van der Waals surface area (Å²) in [6.45, 7) is 3.46. The normalized spacial score (nSPS) is 14.4. The maximum absolute atomic E-state index is 12.6. The molecule has 0 radical (unpaired) electrons. The second-order valence-electron chi connectivity index (χ2n) is 14.4. The van der Waals surface area contributed by atoms with Gasteiger partial charge in [0.2, 0.25) is 0 Å². The van der Waals surface area contributed by atoms with Crippen molar-refractivity contribution in [3.05, 3.63) is 36.5 Å². The van der Waals surface area contributed by atoms with E-state index in [0.717, 1.165) is 64.2 Å². The molecule has 0 saturated heterocycles. The first-order chi connectivity index (χ1) is 25.8. The van der Waals surface area contributed by atoms with E-state index in [1.165, 1.54) is 103 Å². The fourth-order valence-electron chi connectivity index (χ4n) is 5.73. The Morgan fingerprint density at radius 1 is 0.585 bits per heavy atom. The number of aliphatic hydroxyl groups is 2. The lowest BCUT2D eigenvalue weighted by Crippen LogP contribution is -2.29. The summed E-state index contributed by atoms with van der Waals surface area (Å²) in [7, 11) is -4.52. The third-order valence-corrected chi connectivity index (χ3v) is 10.00. The number of phosphoric acid groups is 1. The smallest absolute Gasteiger partial charge is 0.457 e. The minimum Gasteiger partial charge on any atom is -0.457 e. The van der Waals surface area contributed by atoms with Gasteiger partial charge in [-0.1, -0.05) is 147 Å². The van der Waals surface area contributed by atoms with E-state index in [2.05, 4.69) is 50.3 Å². The maximum atomic E-state index is 12.6. The number of ether oxygens (including phenoxy) is 2. The summed E-state index contributed by atoms with van der Waals surface area (Å²) in [6.07, 6.45) is 42.4. The lowest BCUT2D eigenvalue weighted by atomic mass is 10.1. The molecule has 0 aliphatic carbocycles. The molecule has 0 aliphatic rings. The Bertz CT molecular complexity index is 923. The van der Waals surface area contributed by atoms with Gasteiger partial charge in [-0.05, 0) is 70.6 Å². The van der Waals surface area contributed by atoms with Crippen LogP contribution in [0, 0.1) is 0 Å². The molecule has 0 aromatic rings. The molecule has 0 fully saturated rings. The Labute approximate surface area is 325 Å². The van der Waals surface area contributed by atoms with Crippen LogP contribution in [0.25, 0.3) is 0 Å². The Hall–Kier alpha value is -1.32. The number of esters is 1. The molecule has 53 heavy (non-hydrogen) atoms. The van der Waals surface area contributed by atoms with Crippen molar-refractivity contribution in [3.63, 3.8) is 0 Å². The lowest BCUT2D eigenvalue weighted by Gasteiger charge is -2.20. The zero-order chi connectivity index (χ0) is 38.9. The van der Waals surface area contributed by atoms with Gasteiger partial charge in [0.1, 0.15) is 12.2 Å². The van der Waals surface area contributed by atoms with Gasteiger partial charge in [0.15, 0.2) is 0 Å². The molecule has 0 spiro atoms. The average molecular weight is 773 g/mol. The molecular formula is C43H81O9P. The highest BCUT2D eigenvalue weighted by Crippen LogP contribution is 2.43. The maximum Gasteiger partial charge on any atom is 0.472 e. The van der Waals surface area contributed by atoms with Gasteiger partial charge in [-0.3, -0.25) is 13.8 Å². The molecule has 3 unspecified atom stereocenters. The topological polar surface area (TPSA) is 132 Å². The molecule has 0 aromatic carbocycles. The zero-order valence-electron chi connectivity index (χ0n) is 34.0. The van der Waals surface area contributed by atoms with Gasteiger partial charge in [-0.15, -0.1) is 0 Å². The number of carbonyl (C=O) groups is 1. The van der Waals surface area contributed by atoms with E-state index in [4.69, 9.17) is 23.6 Å². The highest BCUT2D eigenvalue weighted by atomic mass is 31.2. The van der Waals surface area contributed by atoms with Crippen LogP contribution in [0.15, 0.2) is 36.5 Å². The summed E-state index contributed by atoms with van der Waals surface area (Å²) in [6, 6.07) is 0. The molecule has 0 bridgehead atoms. The van der Waals surface area contributed by atoms with Crippen LogP contribution in [0.4, 0.5) is 0 Å². The van der Waals surface area contributed by atoms with Gasteiger partial charge < -0.3 is 24.6 Å². The lowest BCUT2D eigenvalue weighted by molar-refractivity contribution is -0.154. The first-order valence-electron chi connectivity index (χ1n) is 21.5. The van der Waals surface area contributed by atoms with Crippen LogP contribution in [0.2, 0.25) is 0 Å². The number of aliphatic hydroxyl groups excluding tert-OH is 2. The quantitative estimate of drug-likeness (QED) is 0.0240. The van der Waals surface area contributed by atoms with Gasteiger partial charge in [0.05, 0.1) is 26.4 Å².